The summed E-state index contributed by atoms with van der Waals surface area (Å²) in [6.45, 7) is 6.34. The van der Waals surface area contributed by atoms with Crippen molar-refractivity contribution in [3.8, 4) is 11.3 Å². The van der Waals surface area contributed by atoms with E-state index < -0.39 is 0 Å². The van der Waals surface area contributed by atoms with E-state index in [1.807, 2.05) is 6.20 Å². The molecule has 1 N–H and O–H groups in total. The van der Waals surface area contributed by atoms with Gasteiger partial charge in [0, 0.05) is 12.6 Å². The molecule has 1 aromatic heterocycles. The number of ether oxygens (including phenoxy) is 1. The fourth-order valence-corrected chi connectivity index (χ4v) is 2.52. The largest absolute Gasteiger partial charge is 0.367 e. The highest BCUT2D eigenvalue weighted by molar-refractivity contribution is 5.59. The monoisotopic (exact) mass is 289 g/mol. The normalized spacial score (nSPS) is 18.0. The Morgan fingerprint density at radius 3 is 2.86 bits per heavy atom. The molecule has 1 atom stereocenters. The van der Waals surface area contributed by atoms with Gasteiger partial charge in [-0.15, -0.1) is 0 Å². The first-order chi connectivity index (χ1) is 10.1. The van der Waals surface area contributed by atoms with Crippen LogP contribution in [0.2, 0.25) is 0 Å². The Morgan fingerprint density at radius 2 is 2.14 bits per heavy atom. The highest BCUT2D eigenvalue weighted by atomic mass is 19.1. The van der Waals surface area contributed by atoms with Crippen LogP contribution in [0.3, 0.4) is 0 Å². The van der Waals surface area contributed by atoms with Gasteiger partial charge < -0.3 is 14.6 Å². The van der Waals surface area contributed by atoms with Crippen LogP contribution in [0.25, 0.3) is 11.3 Å². The van der Waals surface area contributed by atoms with Gasteiger partial charge in [-0.05, 0) is 29.8 Å². The average molecular weight is 289 g/mol. The Balaban J connectivity index is 1.80. The first-order valence-electron chi connectivity index (χ1n) is 7.29. The minimum absolute atomic E-state index is 0.133. The summed E-state index contributed by atoms with van der Waals surface area (Å²) in [5, 5.41) is 3.40. The number of aromatic nitrogens is 2. The molecule has 1 aromatic carbocycles. The summed E-state index contributed by atoms with van der Waals surface area (Å²) in [5.41, 5.74) is 2.00. The summed E-state index contributed by atoms with van der Waals surface area (Å²) in [7, 11) is 0. The Bertz CT molecular complexity index is 606. The van der Waals surface area contributed by atoms with Crippen molar-refractivity contribution in [1.82, 2.24) is 14.9 Å². The van der Waals surface area contributed by atoms with Crippen molar-refractivity contribution >= 4 is 0 Å². The quantitative estimate of drug-likeness (QED) is 0.940. The zero-order valence-corrected chi connectivity index (χ0v) is 12.3. The van der Waals surface area contributed by atoms with E-state index in [1.54, 1.807) is 12.1 Å². The maximum absolute atomic E-state index is 13.1. The summed E-state index contributed by atoms with van der Waals surface area (Å²) in [6, 6.07) is 6.97. The molecule has 3 rings (SSSR count). The summed E-state index contributed by atoms with van der Waals surface area (Å²) < 4.78 is 21.0. The minimum atomic E-state index is -0.223. The van der Waals surface area contributed by atoms with Gasteiger partial charge in [-0.1, -0.05) is 13.8 Å². The molecule has 0 amide bonds. The standard InChI is InChI=1S/C16H20FN3O/c1-11(2)18-7-14-9-20-15(8-19-16(20)10-21-14)12-3-5-13(17)6-4-12/h3-6,8,11,14,18H,7,9-10H2,1-2H3. The van der Waals surface area contributed by atoms with Crippen LogP contribution >= 0.6 is 0 Å². The van der Waals surface area contributed by atoms with Crippen molar-refractivity contribution in [3.63, 3.8) is 0 Å². The number of halogens is 1. The lowest BCUT2D eigenvalue weighted by atomic mass is 10.1. The van der Waals surface area contributed by atoms with Crippen LogP contribution < -0.4 is 5.32 Å². The Hall–Kier alpha value is -1.72. The second-order valence-corrected chi connectivity index (χ2v) is 5.67. The van der Waals surface area contributed by atoms with Crippen LogP contribution in [0.5, 0.6) is 0 Å². The van der Waals surface area contributed by atoms with Gasteiger partial charge >= 0.3 is 0 Å². The smallest absolute Gasteiger partial charge is 0.135 e. The summed E-state index contributed by atoms with van der Waals surface area (Å²) in [4.78, 5) is 4.41. The van der Waals surface area contributed by atoms with E-state index in [0.717, 1.165) is 30.2 Å². The van der Waals surface area contributed by atoms with Crippen molar-refractivity contribution in [1.29, 1.82) is 0 Å². The average Bonchev–Trinajstić information content (AvgIpc) is 2.89. The molecule has 2 heterocycles. The third kappa shape index (κ3) is 3.14. The molecule has 0 fully saturated rings. The fraction of sp³-hybridized carbons (Fsp3) is 0.438. The molecule has 1 aliphatic rings. The predicted molar refractivity (Wildman–Crippen MR) is 79.3 cm³/mol. The Morgan fingerprint density at radius 1 is 1.38 bits per heavy atom. The molecule has 0 spiro atoms. The SMILES string of the molecule is CC(C)NCC1Cn2c(-c3ccc(F)cc3)cnc2CO1. The molecular formula is C16H20FN3O. The van der Waals surface area contributed by atoms with Crippen molar-refractivity contribution in [2.75, 3.05) is 6.54 Å². The van der Waals surface area contributed by atoms with Gasteiger partial charge in [0.15, 0.2) is 0 Å². The molecule has 4 nitrogen and oxygen atoms in total. The zero-order chi connectivity index (χ0) is 14.8. The zero-order valence-electron chi connectivity index (χ0n) is 12.3. The van der Waals surface area contributed by atoms with E-state index in [-0.39, 0.29) is 11.9 Å². The third-order valence-corrected chi connectivity index (χ3v) is 3.67. The van der Waals surface area contributed by atoms with E-state index in [4.69, 9.17) is 4.74 Å². The molecule has 0 radical (unpaired) electrons. The minimum Gasteiger partial charge on any atom is -0.367 e. The van der Waals surface area contributed by atoms with Gasteiger partial charge in [0.1, 0.15) is 18.2 Å². The van der Waals surface area contributed by atoms with Crippen LogP contribution in [0, 0.1) is 5.82 Å². The maximum Gasteiger partial charge on any atom is 0.135 e. The molecule has 5 heteroatoms. The molecule has 1 unspecified atom stereocenters. The van der Waals surface area contributed by atoms with E-state index in [0.29, 0.717) is 12.6 Å². The van der Waals surface area contributed by atoms with Crippen molar-refractivity contribution in [3.05, 3.63) is 42.1 Å². The molecule has 21 heavy (non-hydrogen) atoms. The second kappa shape index (κ2) is 5.95. The van der Waals surface area contributed by atoms with E-state index in [9.17, 15) is 4.39 Å². The fourth-order valence-electron chi connectivity index (χ4n) is 2.52. The van der Waals surface area contributed by atoms with Gasteiger partial charge in [-0.25, -0.2) is 9.37 Å². The highest BCUT2D eigenvalue weighted by Gasteiger charge is 2.22. The van der Waals surface area contributed by atoms with Crippen LogP contribution in [-0.4, -0.2) is 28.2 Å². The molecular weight excluding hydrogens is 269 g/mol. The number of benzene rings is 1. The van der Waals surface area contributed by atoms with Crippen LogP contribution in [0.1, 0.15) is 19.7 Å². The Kier molecular flexibility index (Phi) is 4.03. The second-order valence-electron chi connectivity index (χ2n) is 5.67. The van der Waals surface area contributed by atoms with Gasteiger partial charge in [0.2, 0.25) is 0 Å². The number of nitrogens with zero attached hydrogens (tertiary/aromatic N) is 2. The first-order valence-corrected chi connectivity index (χ1v) is 7.29. The van der Waals surface area contributed by atoms with E-state index in [2.05, 4.69) is 28.7 Å². The maximum atomic E-state index is 13.1. The lowest BCUT2D eigenvalue weighted by Gasteiger charge is -2.27. The molecule has 112 valence electrons. The number of rotatable bonds is 4. The highest BCUT2D eigenvalue weighted by Crippen LogP contribution is 2.25. The van der Waals surface area contributed by atoms with Crippen LogP contribution in [0.4, 0.5) is 4.39 Å². The van der Waals surface area contributed by atoms with Crippen molar-refractivity contribution in [2.24, 2.45) is 0 Å². The van der Waals surface area contributed by atoms with E-state index in [1.165, 1.54) is 12.1 Å². The summed E-state index contributed by atoms with van der Waals surface area (Å²) in [5.74, 6) is 0.703. The lowest BCUT2D eigenvalue weighted by molar-refractivity contribution is 0.00248. The third-order valence-electron chi connectivity index (χ3n) is 3.67. The lowest BCUT2D eigenvalue weighted by Crippen LogP contribution is -2.38. The molecule has 0 aliphatic carbocycles. The first kappa shape index (κ1) is 14.2. The van der Waals surface area contributed by atoms with Gasteiger partial charge in [-0.3, -0.25) is 0 Å². The summed E-state index contributed by atoms with van der Waals surface area (Å²) in [6.07, 6.45) is 1.97. The van der Waals surface area contributed by atoms with Gasteiger partial charge in [0.05, 0.1) is 24.5 Å². The number of nitrogens with one attached hydrogen (secondary N) is 1. The molecule has 0 bridgehead atoms. The molecule has 2 aromatic rings. The van der Waals surface area contributed by atoms with Crippen LogP contribution in [0.15, 0.2) is 30.5 Å². The topological polar surface area (TPSA) is 39.1 Å². The van der Waals surface area contributed by atoms with Gasteiger partial charge in [0.25, 0.3) is 0 Å². The van der Waals surface area contributed by atoms with Crippen molar-refractivity contribution < 1.29 is 9.13 Å². The number of hydrogen-bond acceptors (Lipinski definition) is 3. The molecule has 0 saturated carbocycles. The molecule has 0 saturated heterocycles. The van der Waals surface area contributed by atoms with Crippen molar-refractivity contribution in [2.45, 2.75) is 39.1 Å². The summed E-state index contributed by atoms with van der Waals surface area (Å²) >= 11 is 0. The number of imidazole rings is 1. The number of hydrogen-bond donors (Lipinski definition) is 1. The van der Waals surface area contributed by atoms with Gasteiger partial charge in [-0.2, -0.15) is 0 Å². The van der Waals surface area contributed by atoms with E-state index >= 15 is 0 Å². The molecule has 1 aliphatic heterocycles. The van der Waals surface area contributed by atoms with Crippen LogP contribution in [-0.2, 0) is 17.9 Å². The predicted octanol–water partition coefficient (Wildman–Crippen LogP) is 2.59. The number of fused-ring (bicyclic) bond motifs is 1. The Labute approximate surface area is 124 Å².